The number of nitrogens with zero attached hydrogens (tertiary/aromatic N) is 2. The second-order valence-electron chi connectivity index (χ2n) is 5.40. The fourth-order valence-electron chi connectivity index (χ4n) is 2.28. The highest BCUT2D eigenvalue weighted by Gasteiger charge is 2.23. The number of imidazole rings is 1. The van der Waals surface area contributed by atoms with Crippen molar-refractivity contribution >= 4 is 11.9 Å². The van der Waals surface area contributed by atoms with Crippen LogP contribution in [0.1, 0.15) is 18.3 Å². The predicted molar refractivity (Wildman–Crippen MR) is 88.0 cm³/mol. The topological polar surface area (TPSA) is 126 Å². The third kappa shape index (κ3) is 4.69. The van der Waals surface area contributed by atoms with Crippen LogP contribution in [0.15, 0.2) is 29.6 Å². The molecule has 0 aliphatic rings. The van der Waals surface area contributed by atoms with E-state index in [-0.39, 0.29) is 25.3 Å². The van der Waals surface area contributed by atoms with Gasteiger partial charge in [0.1, 0.15) is 12.6 Å². The molecule has 0 fully saturated rings. The second kappa shape index (κ2) is 8.13. The average Bonchev–Trinajstić information content (AvgIpc) is 3.08. The first-order valence-electron chi connectivity index (χ1n) is 7.74. The quantitative estimate of drug-likeness (QED) is 0.599. The molecule has 2 heterocycles. The third-order valence-electron chi connectivity index (χ3n) is 3.61. The minimum absolute atomic E-state index is 0.154. The number of esters is 1. The van der Waals surface area contributed by atoms with E-state index in [0.29, 0.717) is 5.69 Å². The molecule has 0 saturated heterocycles. The van der Waals surface area contributed by atoms with Gasteiger partial charge < -0.3 is 24.7 Å². The highest BCUT2D eigenvalue weighted by molar-refractivity contribution is 5.84. The van der Waals surface area contributed by atoms with Crippen molar-refractivity contribution in [1.82, 2.24) is 19.9 Å². The first-order chi connectivity index (χ1) is 11.9. The van der Waals surface area contributed by atoms with Gasteiger partial charge in [-0.2, -0.15) is 0 Å². The van der Waals surface area contributed by atoms with Gasteiger partial charge in [-0.1, -0.05) is 0 Å². The molecule has 0 aromatic carbocycles. The lowest BCUT2D eigenvalue weighted by molar-refractivity contribution is -0.147. The number of aromatic amines is 1. The minimum atomic E-state index is -0.874. The molecule has 1 amide bonds. The first kappa shape index (κ1) is 18.2. The number of carbonyl (C=O) groups is 2. The number of aromatic hydroxyl groups is 1. The smallest absolute Gasteiger partial charge is 0.329 e. The van der Waals surface area contributed by atoms with Gasteiger partial charge in [-0.3, -0.25) is 9.59 Å². The molecule has 2 aromatic rings. The van der Waals surface area contributed by atoms with Gasteiger partial charge in [0.15, 0.2) is 5.75 Å². The number of H-pyrrole nitrogens is 1. The van der Waals surface area contributed by atoms with E-state index in [1.165, 1.54) is 30.1 Å². The molecule has 1 atom stereocenters. The van der Waals surface area contributed by atoms with E-state index >= 15 is 0 Å². The summed E-state index contributed by atoms with van der Waals surface area (Å²) in [6.07, 6.45) is 4.65. The number of aromatic nitrogens is 3. The van der Waals surface area contributed by atoms with Crippen molar-refractivity contribution in [2.45, 2.75) is 32.9 Å². The number of hydrogen-bond donors (Lipinski definition) is 3. The highest BCUT2D eigenvalue weighted by Crippen LogP contribution is 2.09. The van der Waals surface area contributed by atoms with E-state index in [4.69, 9.17) is 4.74 Å². The Bertz CT molecular complexity index is 797. The van der Waals surface area contributed by atoms with E-state index in [9.17, 15) is 19.5 Å². The summed E-state index contributed by atoms with van der Waals surface area (Å²) in [7, 11) is 0. The fourth-order valence-corrected chi connectivity index (χ4v) is 2.28. The van der Waals surface area contributed by atoms with Crippen LogP contribution in [0.25, 0.3) is 0 Å². The number of nitrogens with one attached hydrogen (secondary N) is 2. The standard InChI is InChI=1S/C16H20N4O5/c1-3-25-16(24)12(6-11-7-17-9-18-11)19-14(22)8-20-5-4-13(21)15(23)10(20)2/h4-5,7,9,12,23H,3,6,8H2,1-2H3,(H,17,18)(H,19,22)/t12-/m0/s1. The Morgan fingerprint density at radius 3 is 2.88 bits per heavy atom. The van der Waals surface area contributed by atoms with Crippen molar-refractivity contribution in [3.8, 4) is 5.75 Å². The molecule has 0 unspecified atom stereocenters. The largest absolute Gasteiger partial charge is 0.503 e. The van der Waals surface area contributed by atoms with E-state index in [2.05, 4.69) is 15.3 Å². The van der Waals surface area contributed by atoms with Crippen LogP contribution in [0, 0.1) is 6.92 Å². The average molecular weight is 348 g/mol. The zero-order chi connectivity index (χ0) is 18.4. The van der Waals surface area contributed by atoms with Gasteiger partial charge >= 0.3 is 5.97 Å². The summed E-state index contributed by atoms with van der Waals surface area (Å²) >= 11 is 0. The third-order valence-corrected chi connectivity index (χ3v) is 3.61. The molecular weight excluding hydrogens is 328 g/mol. The van der Waals surface area contributed by atoms with Gasteiger partial charge in [-0.25, -0.2) is 9.78 Å². The molecule has 9 nitrogen and oxygen atoms in total. The lowest BCUT2D eigenvalue weighted by Gasteiger charge is -2.18. The zero-order valence-corrected chi connectivity index (χ0v) is 14.0. The lowest BCUT2D eigenvalue weighted by Crippen LogP contribution is -2.44. The van der Waals surface area contributed by atoms with E-state index in [1.807, 2.05) is 0 Å². The maximum Gasteiger partial charge on any atom is 0.329 e. The molecule has 2 rings (SSSR count). The number of carbonyl (C=O) groups excluding carboxylic acids is 2. The van der Waals surface area contributed by atoms with Gasteiger partial charge in [-0.05, 0) is 13.8 Å². The summed E-state index contributed by atoms with van der Waals surface area (Å²) in [6.45, 7) is 3.25. The van der Waals surface area contributed by atoms with Crippen molar-refractivity contribution in [2.75, 3.05) is 6.61 Å². The molecule has 0 aliphatic heterocycles. The van der Waals surface area contributed by atoms with E-state index < -0.39 is 29.1 Å². The number of rotatable bonds is 7. The molecule has 2 aromatic heterocycles. The van der Waals surface area contributed by atoms with E-state index in [1.54, 1.807) is 13.1 Å². The Kier molecular flexibility index (Phi) is 5.93. The molecule has 3 N–H and O–H groups in total. The SMILES string of the molecule is CCOC(=O)[C@H](Cc1cnc[nH]1)NC(=O)Cn1ccc(=O)c(O)c1C. The Morgan fingerprint density at radius 2 is 2.24 bits per heavy atom. The van der Waals surface area contributed by atoms with Crippen molar-refractivity contribution < 1.29 is 19.4 Å². The number of amides is 1. The van der Waals surface area contributed by atoms with Crippen molar-refractivity contribution in [3.63, 3.8) is 0 Å². The molecular formula is C16H20N4O5. The Labute approximate surface area is 143 Å². The molecule has 0 spiro atoms. The van der Waals surface area contributed by atoms with Crippen molar-refractivity contribution in [1.29, 1.82) is 0 Å². The Hall–Kier alpha value is -3.10. The summed E-state index contributed by atoms with van der Waals surface area (Å²) in [6, 6.07) is 0.296. The van der Waals surface area contributed by atoms with Gasteiger partial charge in [0.2, 0.25) is 11.3 Å². The predicted octanol–water partition coefficient (Wildman–Crippen LogP) is -0.124. The second-order valence-corrected chi connectivity index (χ2v) is 5.40. The van der Waals surface area contributed by atoms with Crippen LogP contribution in [0.2, 0.25) is 0 Å². The minimum Gasteiger partial charge on any atom is -0.503 e. The monoisotopic (exact) mass is 348 g/mol. The molecule has 9 heteroatoms. The highest BCUT2D eigenvalue weighted by atomic mass is 16.5. The number of ether oxygens (including phenoxy) is 1. The number of pyridine rings is 1. The maximum absolute atomic E-state index is 12.3. The van der Waals surface area contributed by atoms with E-state index in [0.717, 1.165) is 0 Å². The Morgan fingerprint density at radius 1 is 1.48 bits per heavy atom. The molecule has 0 saturated carbocycles. The first-order valence-corrected chi connectivity index (χ1v) is 7.74. The van der Waals surface area contributed by atoms with Crippen LogP contribution in [0.3, 0.4) is 0 Å². The summed E-state index contributed by atoms with van der Waals surface area (Å²) in [4.78, 5) is 42.4. The molecule has 0 radical (unpaired) electrons. The zero-order valence-electron chi connectivity index (χ0n) is 14.0. The molecule has 134 valence electrons. The summed E-state index contributed by atoms with van der Waals surface area (Å²) in [5, 5.41) is 12.3. The molecule has 25 heavy (non-hydrogen) atoms. The maximum atomic E-state index is 12.3. The summed E-state index contributed by atoms with van der Waals surface area (Å²) < 4.78 is 6.41. The lowest BCUT2D eigenvalue weighted by atomic mass is 10.1. The van der Waals surface area contributed by atoms with Crippen LogP contribution in [-0.2, 0) is 27.3 Å². The van der Waals surface area contributed by atoms with Crippen LogP contribution >= 0.6 is 0 Å². The summed E-state index contributed by atoms with van der Waals surface area (Å²) in [5.74, 6) is -1.41. The van der Waals surface area contributed by atoms with Crippen LogP contribution in [0.4, 0.5) is 0 Å². The van der Waals surface area contributed by atoms with Gasteiger partial charge in [0.25, 0.3) is 0 Å². The van der Waals surface area contributed by atoms with Crippen LogP contribution in [-0.4, -0.2) is 44.2 Å². The van der Waals surface area contributed by atoms with Crippen LogP contribution < -0.4 is 10.7 Å². The summed E-state index contributed by atoms with van der Waals surface area (Å²) in [5.41, 5.74) is 0.428. The van der Waals surface area contributed by atoms with Gasteiger partial charge in [0.05, 0.1) is 18.6 Å². The Balaban J connectivity index is 2.09. The normalized spacial score (nSPS) is 11.8. The van der Waals surface area contributed by atoms with Crippen molar-refractivity contribution in [3.05, 3.63) is 46.4 Å². The van der Waals surface area contributed by atoms with Gasteiger partial charge in [-0.15, -0.1) is 0 Å². The molecule has 0 bridgehead atoms. The van der Waals surface area contributed by atoms with Gasteiger partial charge in [0, 0.05) is 30.6 Å². The fraction of sp³-hybridized carbons (Fsp3) is 0.375. The molecule has 0 aliphatic carbocycles. The van der Waals surface area contributed by atoms with Crippen molar-refractivity contribution in [2.24, 2.45) is 0 Å². The number of hydrogen-bond acceptors (Lipinski definition) is 6. The van der Waals surface area contributed by atoms with Crippen LogP contribution in [0.5, 0.6) is 5.75 Å².